The van der Waals surface area contributed by atoms with Crippen LogP contribution in [0, 0.1) is 0 Å². The lowest BCUT2D eigenvalue weighted by molar-refractivity contribution is 0.00387. The van der Waals surface area contributed by atoms with Crippen LogP contribution in [0.2, 0.25) is 0 Å². The minimum absolute atomic E-state index is 0.354. The van der Waals surface area contributed by atoms with E-state index in [9.17, 15) is 8.42 Å². The van der Waals surface area contributed by atoms with Crippen LogP contribution in [0.5, 0.6) is 0 Å². The van der Waals surface area contributed by atoms with Crippen molar-refractivity contribution >= 4 is 16.1 Å². The average molecular weight is 336 g/mol. The van der Waals surface area contributed by atoms with Gasteiger partial charge in [0.1, 0.15) is 0 Å². The van der Waals surface area contributed by atoms with E-state index in [2.05, 4.69) is 4.90 Å². The Kier molecular flexibility index (Phi) is 5.16. The van der Waals surface area contributed by atoms with Gasteiger partial charge in [-0.3, -0.25) is 4.90 Å². The van der Waals surface area contributed by atoms with E-state index in [-0.39, 0.29) is 0 Å². The highest BCUT2D eigenvalue weighted by Gasteiger charge is 2.38. The van der Waals surface area contributed by atoms with Gasteiger partial charge >= 0.3 is 0 Å². The molecule has 0 N–H and O–H groups in total. The Hall–Kier alpha value is -1.21. The first-order valence-corrected chi connectivity index (χ1v) is 9.59. The highest BCUT2D eigenvalue weighted by molar-refractivity contribution is 7.92. The Balaban J connectivity index is 1.51. The zero-order chi connectivity index (χ0) is 16.3. The number of sulfonamides is 1. The summed E-state index contributed by atoms with van der Waals surface area (Å²) in [4.78, 5) is 2.39. The fourth-order valence-corrected chi connectivity index (χ4v) is 4.41. The third-order valence-corrected chi connectivity index (χ3v) is 6.24. The molecule has 1 aromatic rings. The lowest BCUT2D eigenvalue weighted by Crippen LogP contribution is -2.62. The van der Waals surface area contributed by atoms with Gasteiger partial charge in [-0.15, -0.1) is 0 Å². The average Bonchev–Trinajstić information content (AvgIpc) is 2.53. The summed E-state index contributed by atoms with van der Waals surface area (Å²) in [5.41, 5.74) is 0.898. The summed E-state index contributed by atoms with van der Waals surface area (Å²) in [6.07, 6.45) is 4.09. The van der Waals surface area contributed by atoms with Gasteiger partial charge in [0.15, 0.2) is 0 Å². The van der Waals surface area contributed by atoms with E-state index in [0.717, 1.165) is 31.5 Å². The highest BCUT2D eigenvalue weighted by Crippen LogP contribution is 2.24. The summed E-state index contributed by atoms with van der Waals surface area (Å²) in [7, 11) is -1.55. The van der Waals surface area contributed by atoms with Crippen molar-refractivity contribution in [1.29, 1.82) is 0 Å². The molecule has 1 aromatic carbocycles. The molecule has 23 heavy (non-hydrogen) atoms. The van der Waals surface area contributed by atoms with Gasteiger partial charge in [0.2, 0.25) is 10.0 Å². The number of methoxy groups -OCH3 is 1. The van der Waals surface area contributed by atoms with E-state index in [0.29, 0.717) is 25.2 Å². The molecule has 0 radical (unpaired) electrons. The molecule has 0 saturated carbocycles. The van der Waals surface area contributed by atoms with Gasteiger partial charge in [-0.1, -0.05) is 30.3 Å². The van der Waals surface area contributed by atoms with Crippen LogP contribution >= 0.6 is 0 Å². The summed E-state index contributed by atoms with van der Waals surface area (Å²) in [6, 6.07) is 9.85. The summed E-state index contributed by atoms with van der Waals surface area (Å²) in [5.74, 6) is 0. The number of likely N-dealkylation sites (tertiary alicyclic amines) is 1. The van der Waals surface area contributed by atoms with Crippen LogP contribution < -0.4 is 0 Å². The number of nitrogens with zero attached hydrogens (tertiary/aromatic N) is 2. The quantitative estimate of drug-likeness (QED) is 0.822. The smallest absolute Gasteiger partial charge is 0.236 e. The van der Waals surface area contributed by atoms with Crippen molar-refractivity contribution in [2.45, 2.75) is 25.0 Å². The highest BCUT2D eigenvalue weighted by atomic mass is 32.2. The molecule has 6 heteroatoms. The van der Waals surface area contributed by atoms with Crippen molar-refractivity contribution in [3.05, 3.63) is 41.3 Å². The SMILES string of the molecule is COC1CCN(C2CN(S(=O)(=O)/C=C/c3ccccc3)C2)CC1. The Morgan fingerprint density at radius 3 is 2.39 bits per heavy atom. The zero-order valence-corrected chi connectivity index (χ0v) is 14.3. The second kappa shape index (κ2) is 7.13. The van der Waals surface area contributed by atoms with Gasteiger partial charge < -0.3 is 4.74 Å². The molecule has 126 valence electrons. The summed E-state index contributed by atoms with van der Waals surface area (Å²) in [6.45, 7) is 3.19. The van der Waals surface area contributed by atoms with E-state index in [1.807, 2.05) is 30.3 Å². The topological polar surface area (TPSA) is 49.9 Å². The van der Waals surface area contributed by atoms with Gasteiger partial charge in [-0.25, -0.2) is 8.42 Å². The molecule has 2 fully saturated rings. The molecule has 0 bridgehead atoms. The first-order valence-electron chi connectivity index (χ1n) is 8.08. The molecule has 0 spiro atoms. The molecular formula is C17H24N2O3S. The molecule has 0 aromatic heterocycles. The molecule has 0 aliphatic carbocycles. The fourth-order valence-electron chi connectivity index (χ4n) is 3.15. The van der Waals surface area contributed by atoms with Crippen LogP contribution in [0.15, 0.2) is 35.7 Å². The van der Waals surface area contributed by atoms with Crippen molar-refractivity contribution in [1.82, 2.24) is 9.21 Å². The van der Waals surface area contributed by atoms with Crippen LogP contribution in [0.4, 0.5) is 0 Å². The van der Waals surface area contributed by atoms with Crippen LogP contribution in [-0.2, 0) is 14.8 Å². The molecule has 0 atom stereocenters. The molecule has 3 rings (SSSR count). The van der Waals surface area contributed by atoms with Gasteiger partial charge in [0, 0.05) is 44.7 Å². The maximum atomic E-state index is 12.3. The second-order valence-corrected chi connectivity index (χ2v) is 8.02. The Labute approximate surface area is 138 Å². The van der Waals surface area contributed by atoms with Gasteiger partial charge in [0.25, 0.3) is 0 Å². The van der Waals surface area contributed by atoms with Gasteiger partial charge in [-0.2, -0.15) is 4.31 Å². The predicted molar refractivity (Wildman–Crippen MR) is 91.4 cm³/mol. The van der Waals surface area contributed by atoms with E-state index >= 15 is 0 Å². The normalized spacial score (nSPS) is 22.5. The summed E-state index contributed by atoms with van der Waals surface area (Å²) >= 11 is 0. The van der Waals surface area contributed by atoms with Crippen molar-refractivity contribution in [2.24, 2.45) is 0 Å². The van der Waals surface area contributed by atoms with Crippen LogP contribution in [0.1, 0.15) is 18.4 Å². The van der Waals surface area contributed by atoms with E-state index < -0.39 is 10.0 Å². The minimum Gasteiger partial charge on any atom is -0.381 e. The van der Waals surface area contributed by atoms with Crippen LogP contribution in [-0.4, -0.2) is 63.1 Å². The van der Waals surface area contributed by atoms with E-state index in [1.54, 1.807) is 17.5 Å². The maximum absolute atomic E-state index is 12.3. The Morgan fingerprint density at radius 2 is 1.78 bits per heavy atom. The Morgan fingerprint density at radius 1 is 1.13 bits per heavy atom. The maximum Gasteiger partial charge on any atom is 0.236 e. The van der Waals surface area contributed by atoms with E-state index in [4.69, 9.17) is 4.74 Å². The largest absolute Gasteiger partial charge is 0.381 e. The van der Waals surface area contributed by atoms with Crippen molar-refractivity contribution in [3.8, 4) is 0 Å². The summed E-state index contributed by atoms with van der Waals surface area (Å²) < 4.78 is 31.6. The third kappa shape index (κ3) is 4.01. The standard InChI is InChI=1S/C17H24N2O3S/c1-22-17-7-10-18(11-8-17)16-13-19(14-16)23(20,21)12-9-15-5-3-2-4-6-15/h2-6,9,12,16-17H,7-8,10-11,13-14H2,1H3/b12-9+. The molecule has 0 amide bonds. The molecule has 0 unspecified atom stereocenters. The third-order valence-electron chi connectivity index (χ3n) is 4.75. The first-order chi connectivity index (χ1) is 11.1. The van der Waals surface area contributed by atoms with Crippen molar-refractivity contribution in [2.75, 3.05) is 33.3 Å². The first kappa shape index (κ1) is 16.6. The predicted octanol–water partition coefficient (Wildman–Crippen LogP) is 1.78. The van der Waals surface area contributed by atoms with Crippen molar-refractivity contribution in [3.63, 3.8) is 0 Å². The number of benzene rings is 1. The lowest BCUT2D eigenvalue weighted by atomic mass is 10.0. The lowest BCUT2D eigenvalue weighted by Gasteiger charge is -2.46. The number of hydrogen-bond acceptors (Lipinski definition) is 4. The molecule has 5 nitrogen and oxygen atoms in total. The molecule has 2 aliphatic rings. The monoisotopic (exact) mass is 336 g/mol. The molecular weight excluding hydrogens is 312 g/mol. The molecule has 2 aliphatic heterocycles. The van der Waals surface area contributed by atoms with E-state index in [1.165, 1.54) is 5.41 Å². The number of piperidine rings is 1. The van der Waals surface area contributed by atoms with Crippen LogP contribution in [0.3, 0.4) is 0 Å². The molecule has 2 heterocycles. The summed E-state index contributed by atoms with van der Waals surface area (Å²) in [5, 5.41) is 1.32. The fraction of sp³-hybridized carbons (Fsp3) is 0.529. The van der Waals surface area contributed by atoms with Gasteiger partial charge in [-0.05, 0) is 24.5 Å². The zero-order valence-electron chi connectivity index (χ0n) is 13.5. The van der Waals surface area contributed by atoms with Gasteiger partial charge in [0.05, 0.1) is 6.10 Å². The molecule has 2 saturated heterocycles. The minimum atomic E-state index is -3.31. The van der Waals surface area contributed by atoms with Crippen LogP contribution in [0.25, 0.3) is 6.08 Å². The Bertz CT molecular complexity index is 631. The number of hydrogen-bond donors (Lipinski definition) is 0. The number of ether oxygens (including phenoxy) is 1. The number of rotatable bonds is 5. The second-order valence-electron chi connectivity index (χ2n) is 6.20. The van der Waals surface area contributed by atoms with Crippen molar-refractivity contribution < 1.29 is 13.2 Å².